The van der Waals surface area contributed by atoms with E-state index in [0.717, 1.165) is 17.1 Å². The number of nitrogens with one attached hydrogen (secondary N) is 1. The third-order valence-electron chi connectivity index (χ3n) is 2.28. The van der Waals surface area contributed by atoms with Crippen LogP contribution in [0.3, 0.4) is 0 Å². The molecule has 0 aromatic carbocycles. The van der Waals surface area contributed by atoms with Crippen LogP contribution in [0.15, 0.2) is 23.6 Å². The molecule has 2 aromatic rings. The van der Waals surface area contributed by atoms with Crippen molar-refractivity contribution in [2.24, 2.45) is 0 Å². The lowest BCUT2D eigenvalue weighted by Crippen LogP contribution is -2.24. The molecule has 0 fully saturated rings. The molecule has 0 aliphatic rings. The van der Waals surface area contributed by atoms with E-state index in [-0.39, 0.29) is 0 Å². The summed E-state index contributed by atoms with van der Waals surface area (Å²) in [6.45, 7) is 2.41. The second kappa shape index (κ2) is 6.14. The van der Waals surface area contributed by atoms with Gasteiger partial charge in [0.2, 0.25) is 0 Å². The first-order chi connectivity index (χ1) is 9.19. The van der Waals surface area contributed by atoms with Crippen LogP contribution in [0.25, 0.3) is 11.4 Å². The molecule has 0 unspecified atom stereocenters. The lowest BCUT2D eigenvalue weighted by Gasteiger charge is -2.05. The largest absolute Gasteiger partial charge is 0.450 e. The number of carbonyl (C=O) groups is 1. The van der Waals surface area contributed by atoms with E-state index in [4.69, 9.17) is 10.5 Å². The fourth-order valence-corrected chi connectivity index (χ4v) is 2.03. The Bertz CT molecular complexity index is 570. The molecule has 6 nitrogen and oxygen atoms in total. The minimum atomic E-state index is -0.451. The molecule has 19 heavy (non-hydrogen) atoms. The van der Waals surface area contributed by atoms with Crippen molar-refractivity contribution in [3.05, 3.63) is 29.3 Å². The number of rotatable bonds is 4. The van der Waals surface area contributed by atoms with Crippen LogP contribution in [0, 0.1) is 0 Å². The SMILES string of the molecule is CCOC(=O)NCc1cccc(-c2csc(N)n2)n1. The number of nitrogens with two attached hydrogens (primary N) is 1. The highest BCUT2D eigenvalue weighted by molar-refractivity contribution is 7.13. The summed E-state index contributed by atoms with van der Waals surface area (Å²) in [6, 6.07) is 5.54. The van der Waals surface area contributed by atoms with Gasteiger partial charge in [-0.25, -0.2) is 14.8 Å². The molecule has 0 radical (unpaired) electrons. The van der Waals surface area contributed by atoms with Crippen LogP contribution in [-0.4, -0.2) is 22.7 Å². The summed E-state index contributed by atoms with van der Waals surface area (Å²) in [7, 11) is 0. The Labute approximate surface area is 114 Å². The molecule has 1 amide bonds. The van der Waals surface area contributed by atoms with Gasteiger partial charge >= 0.3 is 6.09 Å². The van der Waals surface area contributed by atoms with Gasteiger partial charge in [-0.15, -0.1) is 11.3 Å². The van der Waals surface area contributed by atoms with Crippen molar-refractivity contribution in [2.75, 3.05) is 12.3 Å². The van der Waals surface area contributed by atoms with E-state index in [1.807, 2.05) is 23.6 Å². The third-order valence-corrected chi connectivity index (χ3v) is 2.95. The highest BCUT2D eigenvalue weighted by atomic mass is 32.1. The number of aromatic nitrogens is 2. The first-order valence-corrected chi connectivity index (χ1v) is 6.65. The lowest BCUT2D eigenvalue weighted by atomic mass is 10.2. The van der Waals surface area contributed by atoms with Crippen molar-refractivity contribution in [2.45, 2.75) is 13.5 Å². The molecule has 2 aromatic heterocycles. The smallest absolute Gasteiger partial charge is 0.407 e. The van der Waals surface area contributed by atoms with Gasteiger partial charge in [-0.3, -0.25) is 0 Å². The minimum Gasteiger partial charge on any atom is -0.450 e. The number of ether oxygens (including phenoxy) is 1. The molecule has 0 bridgehead atoms. The van der Waals surface area contributed by atoms with E-state index in [2.05, 4.69) is 15.3 Å². The Kier molecular flexibility index (Phi) is 4.30. The maximum Gasteiger partial charge on any atom is 0.407 e. The van der Waals surface area contributed by atoms with Gasteiger partial charge in [-0.05, 0) is 19.1 Å². The van der Waals surface area contributed by atoms with Crippen molar-refractivity contribution < 1.29 is 9.53 Å². The number of nitrogen functional groups attached to an aromatic ring is 1. The molecule has 0 aliphatic heterocycles. The first kappa shape index (κ1) is 13.3. The minimum absolute atomic E-state index is 0.312. The summed E-state index contributed by atoms with van der Waals surface area (Å²) in [5, 5.41) is 4.97. The van der Waals surface area contributed by atoms with E-state index in [1.54, 1.807) is 6.92 Å². The molecule has 3 N–H and O–H groups in total. The van der Waals surface area contributed by atoms with Gasteiger partial charge in [-0.1, -0.05) is 6.07 Å². The summed E-state index contributed by atoms with van der Waals surface area (Å²) < 4.78 is 4.78. The lowest BCUT2D eigenvalue weighted by molar-refractivity contribution is 0.151. The normalized spacial score (nSPS) is 10.2. The summed E-state index contributed by atoms with van der Waals surface area (Å²) in [6.07, 6.45) is -0.451. The zero-order valence-electron chi connectivity index (χ0n) is 10.4. The van der Waals surface area contributed by atoms with E-state index >= 15 is 0 Å². The molecule has 0 saturated carbocycles. The van der Waals surface area contributed by atoms with Crippen LogP contribution >= 0.6 is 11.3 Å². The monoisotopic (exact) mass is 278 g/mol. The van der Waals surface area contributed by atoms with Crippen LogP contribution in [-0.2, 0) is 11.3 Å². The van der Waals surface area contributed by atoms with E-state index in [9.17, 15) is 4.79 Å². The second-order valence-electron chi connectivity index (χ2n) is 3.66. The highest BCUT2D eigenvalue weighted by Crippen LogP contribution is 2.21. The maximum absolute atomic E-state index is 11.2. The van der Waals surface area contributed by atoms with Crippen LogP contribution < -0.4 is 11.1 Å². The van der Waals surface area contributed by atoms with Gasteiger partial charge in [0.05, 0.1) is 24.5 Å². The van der Waals surface area contributed by atoms with Gasteiger partial charge in [0.25, 0.3) is 0 Å². The summed E-state index contributed by atoms with van der Waals surface area (Å²) >= 11 is 1.37. The molecule has 2 rings (SSSR count). The highest BCUT2D eigenvalue weighted by Gasteiger charge is 2.06. The van der Waals surface area contributed by atoms with E-state index < -0.39 is 6.09 Å². The Balaban J connectivity index is 2.05. The van der Waals surface area contributed by atoms with Crippen LogP contribution in [0.1, 0.15) is 12.6 Å². The standard InChI is InChI=1S/C12H14N4O2S/c1-2-18-12(17)14-6-8-4-3-5-9(15-8)10-7-19-11(13)16-10/h3-5,7H,2,6H2,1H3,(H2,13,16)(H,14,17). The van der Waals surface area contributed by atoms with Crippen molar-refractivity contribution in [3.63, 3.8) is 0 Å². The third kappa shape index (κ3) is 3.65. The zero-order chi connectivity index (χ0) is 13.7. The summed E-state index contributed by atoms with van der Waals surface area (Å²) in [5.74, 6) is 0. The van der Waals surface area contributed by atoms with Gasteiger partial charge < -0.3 is 15.8 Å². The number of thiazole rings is 1. The molecule has 0 spiro atoms. The molecule has 0 atom stereocenters. The van der Waals surface area contributed by atoms with Crippen molar-refractivity contribution in [3.8, 4) is 11.4 Å². The summed E-state index contributed by atoms with van der Waals surface area (Å²) in [5.41, 5.74) is 7.79. The topological polar surface area (TPSA) is 90.1 Å². The number of anilines is 1. The fraction of sp³-hybridized carbons (Fsp3) is 0.250. The van der Waals surface area contributed by atoms with Gasteiger partial charge in [0, 0.05) is 5.38 Å². The quantitative estimate of drug-likeness (QED) is 0.893. The maximum atomic E-state index is 11.2. The van der Waals surface area contributed by atoms with Crippen LogP contribution in [0.4, 0.5) is 9.93 Å². The van der Waals surface area contributed by atoms with Crippen LogP contribution in [0.5, 0.6) is 0 Å². The van der Waals surface area contributed by atoms with Gasteiger partial charge in [0.15, 0.2) is 5.13 Å². The summed E-state index contributed by atoms with van der Waals surface area (Å²) in [4.78, 5) is 19.8. The number of hydrogen-bond donors (Lipinski definition) is 2. The van der Waals surface area contributed by atoms with E-state index in [0.29, 0.717) is 18.3 Å². The average molecular weight is 278 g/mol. The number of amides is 1. The molecule has 2 heterocycles. The van der Waals surface area contributed by atoms with Gasteiger partial charge in [-0.2, -0.15) is 0 Å². The molecule has 7 heteroatoms. The fourth-order valence-electron chi connectivity index (χ4n) is 1.47. The number of hydrogen-bond acceptors (Lipinski definition) is 6. The molecule has 0 aliphatic carbocycles. The predicted molar refractivity (Wildman–Crippen MR) is 73.6 cm³/mol. The number of pyridine rings is 1. The first-order valence-electron chi connectivity index (χ1n) is 5.77. The Morgan fingerprint density at radius 2 is 2.26 bits per heavy atom. The molecule has 100 valence electrons. The zero-order valence-corrected chi connectivity index (χ0v) is 11.2. The molecular formula is C12H14N4O2S. The Hall–Kier alpha value is -2.15. The average Bonchev–Trinajstić information content (AvgIpc) is 2.84. The number of nitrogens with zero attached hydrogens (tertiary/aromatic N) is 2. The molecule has 0 saturated heterocycles. The number of carbonyl (C=O) groups excluding carboxylic acids is 1. The Morgan fingerprint density at radius 1 is 1.42 bits per heavy atom. The van der Waals surface area contributed by atoms with Crippen LogP contribution in [0.2, 0.25) is 0 Å². The Morgan fingerprint density at radius 3 is 2.95 bits per heavy atom. The van der Waals surface area contributed by atoms with Crippen molar-refractivity contribution in [1.29, 1.82) is 0 Å². The second-order valence-corrected chi connectivity index (χ2v) is 4.55. The van der Waals surface area contributed by atoms with E-state index in [1.165, 1.54) is 11.3 Å². The van der Waals surface area contributed by atoms with Crippen molar-refractivity contribution in [1.82, 2.24) is 15.3 Å². The number of alkyl carbamates (subject to hydrolysis) is 1. The predicted octanol–water partition coefficient (Wildman–Crippen LogP) is 2.03. The van der Waals surface area contributed by atoms with Gasteiger partial charge in [0.1, 0.15) is 5.69 Å². The van der Waals surface area contributed by atoms with Crippen molar-refractivity contribution >= 4 is 22.6 Å². The molecular weight excluding hydrogens is 264 g/mol.